The molecule has 0 atom stereocenters. The molecule has 0 aliphatic carbocycles. The highest BCUT2D eigenvalue weighted by atomic mass is 35.5. The molecule has 3 aromatic rings. The lowest BCUT2D eigenvalue weighted by molar-refractivity contribution is 0.101. The zero-order chi connectivity index (χ0) is 18.5. The summed E-state index contributed by atoms with van der Waals surface area (Å²) >= 11 is 12.0. The predicted molar refractivity (Wildman–Crippen MR) is 105 cm³/mol. The predicted octanol–water partition coefficient (Wildman–Crippen LogP) is 5.50. The average Bonchev–Trinajstić information content (AvgIpc) is 2.65. The molecule has 3 rings (SSSR count). The van der Waals surface area contributed by atoms with Crippen molar-refractivity contribution in [1.29, 1.82) is 0 Å². The van der Waals surface area contributed by atoms with E-state index in [0.717, 1.165) is 0 Å². The van der Waals surface area contributed by atoms with E-state index < -0.39 is 0 Å². The number of nitrogens with one attached hydrogen (secondary N) is 2. The fourth-order valence-corrected chi connectivity index (χ4v) is 2.62. The van der Waals surface area contributed by atoms with E-state index >= 15 is 0 Å². The normalized spacial score (nSPS) is 10.2. The van der Waals surface area contributed by atoms with Gasteiger partial charge in [0.1, 0.15) is 0 Å². The number of carbonyl (C=O) groups excluding carboxylic acids is 2. The average molecular weight is 385 g/mol. The van der Waals surface area contributed by atoms with E-state index in [1.54, 1.807) is 54.6 Å². The maximum Gasteiger partial charge on any atom is 0.255 e. The van der Waals surface area contributed by atoms with E-state index in [4.69, 9.17) is 23.2 Å². The second-order valence-corrected chi connectivity index (χ2v) is 6.32. The van der Waals surface area contributed by atoms with Crippen molar-refractivity contribution in [3.05, 3.63) is 94.0 Å². The Bertz CT molecular complexity index is 942. The van der Waals surface area contributed by atoms with Gasteiger partial charge in [-0.05, 0) is 54.6 Å². The van der Waals surface area contributed by atoms with Crippen LogP contribution in [-0.4, -0.2) is 11.8 Å². The van der Waals surface area contributed by atoms with Crippen LogP contribution in [0.2, 0.25) is 10.0 Å². The van der Waals surface area contributed by atoms with Gasteiger partial charge >= 0.3 is 0 Å². The molecule has 130 valence electrons. The third-order valence-corrected chi connectivity index (χ3v) is 4.18. The van der Waals surface area contributed by atoms with Crippen LogP contribution in [-0.2, 0) is 0 Å². The van der Waals surface area contributed by atoms with Gasteiger partial charge in [0, 0.05) is 21.8 Å². The molecule has 4 nitrogen and oxygen atoms in total. The number of anilines is 2. The molecule has 0 saturated carbocycles. The maximum absolute atomic E-state index is 12.3. The molecule has 26 heavy (non-hydrogen) atoms. The number of para-hydroxylation sites is 1. The van der Waals surface area contributed by atoms with E-state index in [9.17, 15) is 9.59 Å². The van der Waals surface area contributed by atoms with E-state index in [1.165, 1.54) is 0 Å². The molecular formula is C20H14Cl2N2O2. The number of amides is 2. The number of carbonyl (C=O) groups is 2. The van der Waals surface area contributed by atoms with Crippen LogP contribution in [0.1, 0.15) is 20.7 Å². The summed E-state index contributed by atoms with van der Waals surface area (Å²) in [7, 11) is 0. The van der Waals surface area contributed by atoms with Gasteiger partial charge in [-0.15, -0.1) is 0 Å². The van der Waals surface area contributed by atoms with Gasteiger partial charge in [-0.2, -0.15) is 0 Å². The van der Waals surface area contributed by atoms with Crippen molar-refractivity contribution >= 4 is 46.4 Å². The first-order valence-electron chi connectivity index (χ1n) is 7.76. The Morgan fingerprint density at radius 2 is 1.27 bits per heavy atom. The number of hydrogen-bond donors (Lipinski definition) is 2. The van der Waals surface area contributed by atoms with Crippen LogP contribution in [0.25, 0.3) is 0 Å². The number of hydrogen-bond acceptors (Lipinski definition) is 2. The summed E-state index contributed by atoms with van der Waals surface area (Å²) in [5.41, 5.74) is 1.98. The Morgan fingerprint density at radius 1 is 0.692 bits per heavy atom. The minimum absolute atomic E-state index is 0.249. The molecule has 0 aromatic heterocycles. The minimum Gasteiger partial charge on any atom is -0.322 e. The SMILES string of the molecule is O=C(Nc1ccccc1)c1ccc(C(=O)Nc2cc(Cl)ccc2Cl)cc1. The lowest BCUT2D eigenvalue weighted by Gasteiger charge is -2.09. The molecule has 3 aromatic carbocycles. The third kappa shape index (κ3) is 4.42. The first-order valence-corrected chi connectivity index (χ1v) is 8.51. The van der Waals surface area contributed by atoms with Crippen molar-refractivity contribution in [3.8, 4) is 0 Å². The summed E-state index contributed by atoms with van der Waals surface area (Å²) in [5.74, 6) is -0.592. The summed E-state index contributed by atoms with van der Waals surface area (Å²) in [6.45, 7) is 0. The summed E-state index contributed by atoms with van der Waals surface area (Å²) < 4.78 is 0. The molecule has 6 heteroatoms. The van der Waals surface area contributed by atoms with Gasteiger partial charge in [-0.1, -0.05) is 41.4 Å². The molecule has 0 fully saturated rings. The van der Waals surface area contributed by atoms with Crippen LogP contribution in [0.5, 0.6) is 0 Å². The highest BCUT2D eigenvalue weighted by molar-refractivity contribution is 6.35. The highest BCUT2D eigenvalue weighted by Gasteiger charge is 2.11. The summed E-state index contributed by atoms with van der Waals surface area (Å²) in [5, 5.41) is 6.35. The van der Waals surface area contributed by atoms with E-state index in [2.05, 4.69) is 10.6 Å². The number of rotatable bonds is 4. The summed E-state index contributed by atoms with van der Waals surface area (Å²) in [6, 6.07) is 20.3. The molecular weight excluding hydrogens is 371 g/mol. The fraction of sp³-hybridized carbons (Fsp3) is 0. The monoisotopic (exact) mass is 384 g/mol. The Morgan fingerprint density at radius 3 is 1.88 bits per heavy atom. The molecule has 0 aliphatic heterocycles. The van der Waals surface area contributed by atoms with Crippen LogP contribution >= 0.6 is 23.2 Å². The van der Waals surface area contributed by atoms with Crippen molar-refractivity contribution in [2.24, 2.45) is 0 Å². The van der Waals surface area contributed by atoms with Gasteiger partial charge in [-0.3, -0.25) is 9.59 Å². The molecule has 0 unspecified atom stereocenters. The van der Waals surface area contributed by atoms with Gasteiger partial charge in [0.15, 0.2) is 0 Å². The molecule has 0 bridgehead atoms. The van der Waals surface area contributed by atoms with Gasteiger partial charge in [0.25, 0.3) is 11.8 Å². The molecule has 0 heterocycles. The molecule has 2 N–H and O–H groups in total. The molecule has 0 spiro atoms. The lowest BCUT2D eigenvalue weighted by Crippen LogP contribution is -2.14. The van der Waals surface area contributed by atoms with Crippen molar-refractivity contribution < 1.29 is 9.59 Å². The second-order valence-electron chi connectivity index (χ2n) is 5.48. The van der Waals surface area contributed by atoms with Crippen LogP contribution in [0, 0.1) is 0 Å². The molecule has 0 radical (unpaired) electrons. The van der Waals surface area contributed by atoms with E-state index in [-0.39, 0.29) is 11.8 Å². The van der Waals surface area contributed by atoms with Crippen molar-refractivity contribution in [2.45, 2.75) is 0 Å². The van der Waals surface area contributed by atoms with Crippen LogP contribution in [0.15, 0.2) is 72.8 Å². The minimum atomic E-state index is -0.343. The van der Waals surface area contributed by atoms with Crippen LogP contribution in [0.4, 0.5) is 11.4 Å². The first kappa shape index (κ1) is 18.0. The molecule has 2 amide bonds. The maximum atomic E-state index is 12.3. The van der Waals surface area contributed by atoms with Gasteiger partial charge in [0.2, 0.25) is 0 Å². The summed E-state index contributed by atoms with van der Waals surface area (Å²) in [4.78, 5) is 24.6. The zero-order valence-electron chi connectivity index (χ0n) is 13.5. The standard InChI is InChI=1S/C20H14Cl2N2O2/c21-15-10-11-17(22)18(12-15)24-20(26)14-8-6-13(7-9-14)19(25)23-16-4-2-1-3-5-16/h1-12H,(H,23,25)(H,24,26). The Hall–Kier alpha value is -2.82. The van der Waals surface area contributed by atoms with Crippen molar-refractivity contribution in [3.63, 3.8) is 0 Å². The molecule has 0 aliphatic rings. The van der Waals surface area contributed by atoms with Crippen LogP contribution < -0.4 is 10.6 Å². The number of benzene rings is 3. The van der Waals surface area contributed by atoms with Gasteiger partial charge < -0.3 is 10.6 Å². The van der Waals surface area contributed by atoms with Crippen molar-refractivity contribution in [1.82, 2.24) is 0 Å². The Kier molecular flexibility index (Phi) is 5.56. The van der Waals surface area contributed by atoms with Crippen molar-refractivity contribution in [2.75, 3.05) is 10.6 Å². The smallest absolute Gasteiger partial charge is 0.255 e. The summed E-state index contributed by atoms with van der Waals surface area (Å²) in [6.07, 6.45) is 0. The Labute approximate surface area is 160 Å². The highest BCUT2D eigenvalue weighted by Crippen LogP contribution is 2.26. The van der Waals surface area contributed by atoms with Gasteiger partial charge in [0.05, 0.1) is 10.7 Å². The first-order chi connectivity index (χ1) is 12.5. The largest absolute Gasteiger partial charge is 0.322 e. The number of halogens is 2. The topological polar surface area (TPSA) is 58.2 Å². The van der Waals surface area contributed by atoms with E-state index in [1.807, 2.05) is 18.2 Å². The molecule has 0 saturated heterocycles. The second kappa shape index (κ2) is 8.04. The quantitative estimate of drug-likeness (QED) is 0.623. The zero-order valence-corrected chi connectivity index (χ0v) is 15.0. The van der Waals surface area contributed by atoms with E-state index in [0.29, 0.717) is 32.5 Å². The van der Waals surface area contributed by atoms with Gasteiger partial charge in [-0.25, -0.2) is 0 Å². The fourth-order valence-electron chi connectivity index (χ4n) is 2.29. The van der Waals surface area contributed by atoms with Crippen LogP contribution in [0.3, 0.4) is 0 Å². The lowest BCUT2D eigenvalue weighted by atomic mass is 10.1. The Balaban J connectivity index is 1.69. The third-order valence-electron chi connectivity index (χ3n) is 3.62.